The molecule has 9 heteroatoms. The second-order valence-electron chi connectivity index (χ2n) is 8.44. The van der Waals surface area contributed by atoms with E-state index in [9.17, 15) is 22.4 Å². The number of anilines is 2. The maximum atomic E-state index is 13.8. The number of carbonyl (C=O) groups excluding carboxylic acids is 1. The fraction of sp³-hybridized carbons (Fsp3) is 0.478. The van der Waals surface area contributed by atoms with Gasteiger partial charge in [0.1, 0.15) is 17.7 Å². The molecule has 4 rings (SSSR count). The molecule has 1 saturated heterocycles. The summed E-state index contributed by atoms with van der Waals surface area (Å²) in [6.07, 6.45) is -1.38. The zero-order valence-corrected chi connectivity index (χ0v) is 19.2. The molecule has 1 aliphatic carbocycles. The van der Waals surface area contributed by atoms with Gasteiger partial charge in [-0.05, 0) is 74.9 Å². The van der Waals surface area contributed by atoms with E-state index in [1.807, 2.05) is 0 Å². The molecule has 1 amide bonds. The Hall–Kier alpha value is -2.16. The number of aryl methyl sites for hydroxylation is 1. The van der Waals surface area contributed by atoms with Gasteiger partial charge in [0, 0.05) is 29.3 Å². The van der Waals surface area contributed by atoms with Crippen LogP contribution < -0.4 is 9.80 Å². The first-order chi connectivity index (χ1) is 15.2. The molecule has 2 fully saturated rings. The van der Waals surface area contributed by atoms with Crippen LogP contribution in [0.15, 0.2) is 36.4 Å². The fourth-order valence-electron chi connectivity index (χ4n) is 4.95. The first-order valence-corrected chi connectivity index (χ1v) is 11.8. The summed E-state index contributed by atoms with van der Waals surface area (Å²) < 4.78 is 53.8. The van der Waals surface area contributed by atoms with Crippen molar-refractivity contribution in [2.24, 2.45) is 5.92 Å². The van der Waals surface area contributed by atoms with Crippen LogP contribution in [0, 0.1) is 18.7 Å². The van der Waals surface area contributed by atoms with Gasteiger partial charge >= 0.3 is 6.18 Å². The van der Waals surface area contributed by atoms with E-state index in [1.54, 1.807) is 21.9 Å². The van der Waals surface area contributed by atoms with Crippen molar-refractivity contribution >= 4 is 33.3 Å². The standard InChI is InChI=1S/C23H24BrF4N3O/c1-14-11-16(23(26,27)28)13-20(29-14)31-19-6-3-15(12-19)21(31)22(32)30(10-2-9-24)18-7-4-17(25)5-8-18/h4-5,7-8,11,13,15,19,21H,2-3,6,9-10,12H2,1H3/t15-,19+,21-/m0/s1. The van der Waals surface area contributed by atoms with Gasteiger partial charge in [-0.25, -0.2) is 9.37 Å². The number of piperidine rings is 1. The van der Waals surface area contributed by atoms with E-state index in [2.05, 4.69) is 20.9 Å². The zero-order valence-electron chi connectivity index (χ0n) is 17.6. The summed E-state index contributed by atoms with van der Waals surface area (Å²) in [5, 5.41) is 0.687. The third-order valence-electron chi connectivity index (χ3n) is 6.29. The molecule has 0 unspecified atom stereocenters. The van der Waals surface area contributed by atoms with Crippen molar-refractivity contribution in [1.82, 2.24) is 4.98 Å². The molecule has 1 saturated carbocycles. The number of fused-ring (bicyclic) bond motifs is 2. The summed E-state index contributed by atoms with van der Waals surface area (Å²) in [4.78, 5) is 21.6. The molecule has 2 bridgehead atoms. The Kier molecular flexibility index (Phi) is 6.47. The number of alkyl halides is 4. The highest BCUT2D eigenvalue weighted by atomic mass is 79.9. The van der Waals surface area contributed by atoms with Crippen molar-refractivity contribution in [3.8, 4) is 0 Å². The highest BCUT2D eigenvalue weighted by Crippen LogP contribution is 2.46. The molecule has 3 atom stereocenters. The minimum Gasteiger partial charge on any atom is -0.341 e. The summed E-state index contributed by atoms with van der Waals surface area (Å²) in [7, 11) is 0. The predicted molar refractivity (Wildman–Crippen MR) is 119 cm³/mol. The molecule has 2 aromatic rings. The molecular formula is C23H24BrF4N3O. The third kappa shape index (κ3) is 4.49. The largest absolute Gasteiger partial charge is 0.416 e. The van der Waals surface area contributed by atoms with Gasteiger partial charge in [0.05, 0.1) is 5.56 Å². The number of benzene rings is 1. The maximum absolute atomic E-state index is 13.8. The van der Waals surface area contributed by atoms with E-state index in [4.69, 9.17) is 0 Å². The number of halogens is 5. The Labute approximate surface area is 192 Å². The van der Waals surface area contributed by atoms with Gasteiger partial charge in [0.15, 0.2) is 0 Å². The SMILES string of the molecule is Cc1cc(C(F)(F)F)cc(N2[C@@H]3CC[C@@H](C3)[C@H]2C(=O)N(CCCBr)c2ccc(F)cc2)n1. The predicted octanol–water partition coefficient (Wildman–Crippen LogP) is 5.72. The van der Waals surface area contributed by atoms with E-state index in [0.717, 1.165) is 31.4 Å². The summed E-state index contributed by atoms with van der Waals surface area (Å²) in [5.74, 6) is -0.327. The molecule has 1 aromatic heterocycles. The fourth-order valence-corrected chi connectivity index (χ4v) is 5.20. The molecule has 1 aromatic carbocycles. The molecular weight excluding hydrogens is 490 g/mol. The van der Waals surface area contributed by atoms with Crippen molar-refractivity contribution in [3.05, 3.63) is 53.5 Å². The van der Waals surface area contributed by atoms with Crippen LogP contribution >= 0.6 is 15.9 Å². The monoisotopic (exact) mass is 513 g/mol. The van der Waals surface area contributed by atoms with Crippen LogP contribution in [0.5, 0.6) is 0 Å². The van der Waals surface area contributed by atoms with Crippen LogP contribution in [0.4, 0.5) is 29.1 Å². The molecule has 0 spiro atoms. The highest BCUT2D eigenvalue weighted by molar-refractivity contribution is 9.09. The minimum atomic E-state index is -4.49. The molecule has 0 N–H and O–H groups in total. The number of hydrogen-bond acceptors (Lipinski definition) is 3. The molecule has 32 heavy (non-hydrogen) atoms. The van der Waals surface area contributed by atoms with Crippen molar-refractivity contribution in [1.29, 1.82) is 0 Å². The normalized spacial score (nSPS) is 22.4. The van der Waals surface area contributed by atoms with Crippen molar-refractivity contribution in [2.45, 2.75) is 50.9 Å². The van der Waals surface area contributed by atoms with Gasteiger partial charge in [-0.2, -0.15) is 13.2 Å². The first-order valence-electron chi connectivity index (χ1n) is 10.7. The van der Waals surface area contributed by atoms with Crippen molar-refractivity contribution in [3.63, 3.8) is 0 Å². The zero-order chi connectivity index (χ0) is 23.0. The Morgan fingerprint density at radius 1 is 1.22 bits per heavy atom. The molecule has 172 valence electrons. The molecule has 4 nitrogen and oxygen atoms in total. The van der Waals surface area contributed by atoms with Crippen LogP contribution in [0.3, 0.4) is 0 Å². The minimum absolute atomic E-state index is 0.0180. The number of rotatable bonds is 6. The van der Waals surface area contributed by atoms with Gasteiger partial charge < -0.3 is 9.80 Å². The quantitative estimate of drug-likeness (QED) is 0.366. The van der Waals surface area contributed by atoms with Gasteiger partial charge in [-0.1, -0.05) is 15.9 Å². The summed E-state index contributed by atoms with van der Waals surface area (Å²) >= 11 is 3.39. The van der Waals surface area contributed by atoms with E-state index >= 15 is 0 Å². The Bertz CT molecular complexity index is 982. The number of amides is 1. The van der Waals surface area contributed by atoms with Gasteiger partial charge in [0.2, 0.25) is 5.91 Å². The first kappa shape index (κ1) is 23.0. The van der Waals surface area contributed by atoms with E-state index < -0.39 is 23.6 Å². The molecule has 2 aliphatic rings. The second kappa shape index (κ2) is 9.00. The lowest BCUT2D eigenvalue weighted by Crippen LogP contribution is -2.52. The van der Waals surface area contributed by atoms with Crippen molar-refractivity contribution in [2.75, 3.05) is 21.7 Å². The number of pyridine rings is 1. The van der Waals surface area contributed by atoms with Crippen LogP contribution in [-0.2, 0) is 11.0 Å². The average Bonchev–Trinajstić information content (AvgIpc) is 3.35. The Balaban J connectivity index is 1.71. The van der Waals surface area contributed by atoms with Crippen LogP contribution in [0.1, 0.15) is 36.9 Å². The third-order valence-corrected chi connectivity index (χ3v) is 6.85. The molecule has 1 aliphatic heterocycles. The Morgan fingerprint density at radius 2 is 1.94 bits per heavy atom. The smallest absolute Gasteiger partial charge is 0.341 e. The Morgan fingerprint density at radius 3 is 2.59 bits per heavy atom. The molecule has 2 heterocycles. The van der Waals surface area contributed by atoms with E-state index in [0.29, 0.717) is 24.0 Å². The van der Waals surface area contributed by atoms with Crippen LogP contribution in [0.25, 0.3) is 0 Å². The lowest BCUT2D eigenvalue weighted by molar-refractivity contribution is -0.137. The van der Waals surface area contributed by atoms with E-state index in [1.165, 1.54) is 19.1 Å². The number of carbonyl (C=O) groups is 1. The highest BCUT2D eigenvalue weighted by Gasteiger charge is 2.51. The number of hydrogen-bond donors (Lipinski definition) is 0. The second-order valence-corrected chi connectivity index (χ2v) is 9.23. The van der Waals surface area contributed by atoms with Crippen molar-refractivity contribution < 1.29 is 22.4 Å². The van der Waals surface area contributed by atoms with Gasteiger partial charge in [-0.3, -0.25) is 4.79 Å². The number of nitrogens with zero attached hydrogens (tertiary/aromatic N) is 3. The summed E-state index contributed by atoms with van der Waals surface area (Å²) in [6.45, 7) is 1.96. The van der Waals surface area contributed by atoms with Crippen LogP contribution in [-0.4, -0.2) is 34.8 Å². The average molecular weight is 514 g/mol. The topological polar surface area (TPSA) is 36.4 Å². The molecule has 0 radical (unpaired) electrons. The maximum Gasteiger partial charge on any atom is 0.416 e. The lowest BCUT2D eigenvalue weighted by atomic mass is 9.96. The summed E-state index contributed by atoms with van der Waals surface area (Å²) in [6, 6.07) is 7.20. The summed E-state index contributed by atoms with van der Waals surface area (Å²) in [5.41, 5.74) is 0.0791. The van der Waals surface area contributed by atoms with Gasteiger partial charge in [0.25, 0.3) is 0 Å². The van der Waals surface area contributed by atoms with Gasteiger partial charge in [-0.15, -0.1) is 0 Å². The lowest BCUT2D eigenvalue weighted by Gasteiger charge is -2.38. The number of aromatic nitrogens is 1. The van der Waals surface area contributed by atoms with E-state index in [-0.39, 0.29) is 29.4 Å². The van der Waals surface area contributed by atoms with Crippen LogP contribution in [0.2, 0.25) is 0 Å².